The number of likely N-dealkylation sites (N-methyl/N-ethyl adjacent to an activating group) is 1. The van der Waals surface area contributed by atoms with Crippen LogP contribution in [-0.2, 0) is 4.79 Å². The number of carbonyl (C=O) groups is 2. The molecule has 0 saturated heterocycles. The van der Waals surface area contributed by atoms with E-state index in [0.717, 1.165) is 0 Å². The molecule has 1 rings (SSSR count). The molecule has 0 aliphatic carbocycles. The zero-order chi connectivity index (χ0) is 15.5. The van der Waals surface area contributed by atoms with Gasteiger partial charge in [0.1, 0.15) is 5.15 Å². The summed E-state index contributed by atoms with van der Waals surface area (Å²) >= 11 is 11.6. The SMILES string of the molecule is CN(CC(=O)NC(C)(C)C)C(=O)c1cc(Cl)ncc1Cl. The van der Waals surface area contributed by atoms with Gasteiger partial charge in [0.25, 0.3) is 5.91 Å². The standard InChI is InChI=1S/C13H17Cl2N3O2/c1-13(2,3)17-11(19)7-18(4)12(20)8-5-10(15)16-6-9(8)14/h5-6H,7H2,1-4H3,(H,17,19). The van der Waals surface area contributed by atoms with Crippen molar-refractivity contribution < 1.29 is 9.59 Å². The minimum Gasteiger partial charge on any atom is -0.350 e. The molecule has 1 aromatic heterocycles. The molecule has 0 saturated carbocycles. The van der Waals surface area contributed by atoms with Gasteiger partial charge < -0.3 is 10.2 Å². The van der Waals surface area contributed by atoms with Gasteiger partial charge in [-0.2, -0.15) is 0 Å². The molecule has 0 fully saturated rings. The first kappa shape index (κ1) is 16.7. The highest BCUT2D eigenvalue weighted by Crippen LogP contribution is 2.19. The molecule has 0 bridgehead atoms. The van der Waals surface area contributed by atoms with Crippen LogP contribution < -0.4 is 5.32 Å². The van der Waals surface area contributed by atoms with Crippen LogP contribution in [-0.4, -0.2) is 40.8 Å². The summed E-state index contributed by atoms with van der Waals surface area (Å²) in [6, 6.07) is 1.38. The third-order valence-electron chi connectivity index (χ3n) is 2.29. The van der Waals surface area contributed by atoms with Crippen molar-refractivity contribution in [3.63, 3.8) is 0 Å². The Kier molecular flexibility index (Phi) is 5.36. The van der Waals surface area contributed by atoms with Crippen LogP contribution in [0.3, 0.4) is 0 Å². The van der Waals surface area contributed by atoms with Crippen molar-refractivity contribution in [2.24, 2.45) is 0 Å². The Balaban J connectivity index is 2.77. The molecule has 0 aliphatic heterocycles. The van der Waals surface area contributed by atoms with Crippen molar-refractivity contribution in [3.8, 4) is 0 Å². The molecule has 0 atom stereocenters. The highest BCUT2D eigenvalue weighted by atomic mass is 35.5. The molecule has 0 spiro atoms. The van der Waals surface area contributed by atoms with Crippen molar-refractivity contribution in [2.45, 2.75) is 26.3 Å². The fourth-order valence-corrected chi connectivity index (χ4v) is 1.87. The zero-order valence-electron chi connectivity index (χ0n) is 11.8. The predicted molar refractivity (Wildman–Crippen MR) is 79.1 cm³/mol. The van der Waals surface area contributed by atoms with E-state index in [4.69, 9.17) is 23.2 Å². The second kappa shape index (κ2) is 6.41. The molecule has 0 radical (unpaired) electrons. The van der Waals surface area contributed by atoms with Gasteiger partial charge in [-0.25, -0.2) is 4.98 Å². The maximum Gasteiger partial charge on any atom is 0.255 e. The van der Waals surface area contributed by atoms with Gasteiger partial charge in [-0.1, -0.05) is 23.2 Å². The number of amides is 2. The number of pyridine rings is 1. The number of hydrogen-bond acceptors (Lipinski definition) is 3. The minimum absolute atomic E-state index is 0.0631. The molecule has 5 nitrogen and oxygen atoms in total. The summed E-state index contributed by atoms with van der Waals surface area (Å²) in [5.74, 6) is -0.631. The first-order valence-electron chi connectivity index (χ1n) is 5.97. The lowest BCUT2D eigenvalue weighted by atomic mass is 10.1. The van der Waals surface area contributed by atoms with E-state index in [2.05, 4.69) is 10.3 Å². The Bertz CT molecular complexity index is 527. The smallest absolute Gasteiger partial charge is 0.255 e. The van der Waals surface area contributed by atoms with Crippen LogP contribution in [0.15, 0.2) is 12.3 Å². The number of nitrogens with one attached hydrogen (secondary N) is 1. The summed E-state index contributed by atoms with van der Waals surface area (Å²) in [4.78, 5) is 29.0. The molecule has 110 valence electrons. The maximum atomic E-state index is 12.2. The van der Waals surface area contributed by atoms with Crippen molar-refractivity contribution in [3.05, 3.63) is 28.0 Å². The number of halogens is 2. The number of carbonyl (C=O) groups excluding carboxylic acids is 2. The first-order chi connectivity index (χ1) is 9.10. The van der Waals surface area contributed by atoms with Crippen LogP contribution in [0.2, 0.25) is 10.2 Å². The van der Waals surface area contributed by atoms with Gasteiger partial charge in [-0.15, -0.1) is 0 Å². The van der Waals surface area contributed by atoms with Gasteiger partial charge in [-0.05, 0) is 26.8 Å². The summed E-state index contributed by atoms with van der Waals surface area (Å²) < 4.78 is 0. The second-order valence-electron chi connectivity index (χ2n) is 5.45. The summed E-state index contributed by atoms with van der Waals surface area (Å²) in [5, 5.41) is 3.15. The predicted octanol–water partition coefficient (Wildman–Crippen LogP) is 2.38. The number of rotatable bonds is 3. The summed E-state index contributed by atoms with van der Waals surface area (Å²) in [5.41, 5.74) is -0.129. The molecule has 1 heterocycles. The van der Waals surface area contributed by atoms with Crippen LogP contribution in [0, 0.1) is 0 Å². The molecular formula is C13H17Cl2N3O2. The summed E-state index contributed by atoms with van der Waals surface area (Å²) in [6.45, 7) is 5.54. The van der Waals surface area contributed by atoms with E-state index in [1.54, 1.807) is 0 Å². The van der Waals surface area contributed by atoms with Gasteiger partial charge >= 0.3 is 0 Å². The van der Waals surface area contributed by atoms with Crippen molar-refractivity contribution >= 4 is 35.0 Å². The zero-order valence-corrected chi connectivity index (χ0v) is 13.3. The van der Waals surface area contributed by atoms with Gasteiger partial charge in [0.15, 0.2) is 0 Å². The van der Waals surface area contributed by atoms with E-state index in [1.165, 1.54) is 24.2 Å². The largest absolute Gasteiger partial charge is 0.350 e. The topological polar surface area (TPSA) is 62.3 Å². The van der Waals surface area contributed by atoms with E-state index < -0.39 is 0 Å². The van der Waals surface area contributed by atoms with Crippen LogP contribution in [0.25, 0.3) is 0 Å². The normalized spacial score (nSPS) is 11.1. The highest BCUT2D eigenvalue weighted by molar-refractivity contribution is 6.35. The van der Waals surface area contributed by atoms with Crippen LogP contribution in [0.5, 0.6) is 0 Å². The molecular weight excluding hydrogens is 301 g/mol. The lowest BCUT2D eigenvalue weighted by Gasteiger charge is -2.23. The van der Waals surface area contributed by atoms with E-state index in [1.807, 2.05) is 20.8 Å². The van der Waals surface area contributed by atoms with Crippen molar-refractivity contribution in [1.82, 2.24) is 15.2 Å². The van der Waals surface area contributed by atoms with Crippen LogP contribution in [0.1, 0.15) is 31.1 Å². The monoisotopic (exact) mass is 317 g/mol. The lowest BCUT2D eigenvalue weighted by molar-refractivity contribution is -0.122. The fraction of sp³-hybridized carbons (Fsp3) is 0.462. The molecule has 0 unspecified atom stereocenters. The summed E-state index contributed by atoms with van der Waals surface area (Å²) in [7, 11) is 1.52. The molecule has 2 amide bonds. The van der Waals surface area contributed by atoms with Crippen molar-refractivity contribution in [1.29, 1.82) is 0 Å². The van der Waals surface area contributed by atoms with E-state index >= 15 is 0 Å². The van der Waals surface area contributed by atoms with E-state index in [-0.39, 0.29) is 39.6 Å². The van der Waals surface area contributed by atoms with Gasteiger partial charge in [0.2, 0.25) is 5.91 Å². The third kappa shape index (κ3) is 4.98. The molecule has 0 aromatic carbocycles. The molecule has 1 N–H and O–H groups in total. The first-order valence-corrected chi connectivity index (χ1v) is 6.73. The van der Waals surface area contributed by atoms with E-state index in [0.29, 0.717) is 0 Å². The lowest BCUT2D eigenvalue weighted by Crippen LogP contribution is -2.46. The molecule has 1 aromatic rings. The van der Waals surface area contributed by atoms with Crippen LogP contribution in [0.4, 0.5) is 0 Å². The average Bonchev–Trinajstić information content (AvgIpc) is 2.28. The number of aromatic nitrogens is 1. The van der Waals surface area contributed by atoms with Gasteiger partial charge in [0.05, 0.1) is 17.1 Å². The Morgan fingerprint density at radius 2 is 1.95 bits per heavy atom. The summed E-state index contributed by atoms with van der Waals surface area (Å²) in [6.07, 6.45) is 1.31. The number of hydrogen-bond donors (Lipinski definition) is 1. The molecule has 7 heteroatoms. The maximum absolute atomic E-state index is 12.2. The quantitative estimate of drug-likeness (QED) is 0.871. The third-order valence-corrected chi connectivity index (χ3v) is 2.80. The Morgan fingerprint density at radius 3 is 2.50 bits per heavy atom. The Labute approximate surface area is 128 Å². The van der Waals surface area contributed by atoms with Gasteiger partial charge in [-0.3, -0.25) is 9.59 Å². The fourth-order valence-electron chi connectivity index (χ4n) is 1.53. The molecule has 20 heavy (non-hydrogen) atoms. The Hall–Kier alpha value is -1.33. The number of nitrogens with zero attached hydrogens (tertiary/aromatic N) is 2. The highest BCUT2D eigenvalue weighted by Gasteiger charge is 2.20. The van der Waals surface area contributed by atoms with Gasteiger partial charge in [0, 0.05) is 18.8 Å². The van der Waals surface area contributed by atoms with Crippen LogP contribution >= 0.6 is 23.2 Å². The molecule has 0 aliphatic rings. The average molecular weight is 318 g/mol. The van der Waals surface area contributed by atoms with Crippen molar-refractivity contribution in [2.75, 3.05) is 13.6 Å². The second-order valence-corrected chi connectivity index (χ2v) is 6.24. The Morgan fingerprint density at radius 1 is 1.35 bits per heavy atom. The van der Waals surface area contributed by atoms with E-state index in [9.17, 15) is 9.59 Å². The minimum atomic E-state index is -0.386.